The third-order valence-electron chi connectivity index (χ3n) is 5.46. The molecule has 0 saturated heterocycles. The number of nitrogens with one attached hydrogen (secondary N) is 1. The average Bonchev–Trinajstić information content (AvgIpc) is 3.21. The maximum Gasteiger partial charge on any atom is 0.397 e. The third-order valence-corrected chi connectivity index (χ3v) is 5.46. The molecule has 1 amide bonds. The van der Waals surface area contributed by atoms with E-state index in [0.29, 0.717) is 5.69 Å². The Morgan fingerprint density at radius 2 is 1.55 bits per heavy atom. The van der Waals surface area contributed by atoms with Gasteiger partial charge in [-0.25, -0.2) is 4.79 Å². The summed E-state index contributed by atoms with van der Waals surface area (Å²) in [6.07, 6.45) is 1.91. The number of ether oxygens (including phenoxy) is 1. The molecule has 0 aliphatic carbocycles. The standard InChI is InChI=1S/C24H18N2O3/c1-29-24(28)23(27)26-21-13-7-5-10-17(21)15-8-2-3-11-18(15)22(26)19-14-25-20-12-6-4-9-16(19)20/h2-14,22,25H,1H3. The number of methoxy groups -OCH3 is 1. The zero-order valence-corrected chi connectivity index (χ0v) is 15.8. The first-order valence-electron chi connectivity index (χ1n) is 9.36. The predicted octanol–water partition coefficient (Wildman–Crippen LogP) is 4.44. The van der Waals surface area contributed by atoms with Crippen molar-refractivity contribution >= 4 is 28.5 Å². The van der Waals surface area contributed by atoms with E-state index in [9.17, 15) is 9.59 Å². The van der Waals surface area contributed by atoms with Crippen molar-refractivity contribution in [1.82, 2.24) is 4.98 Å². The first kappa shape index (κ1) is 17.3. The second-order valence-electron chi connectivity index (χ2n) is 6.96. The molecule has 5 nitrogen and oxygen atoms in total. The minimum absolute atomic E-state index is 0.455. The van der Waals surface area contributed by atoms with Crippen molar-refractivity contribution < 1.29 is 14.3 Å². The Kier molecular flexibility index (Phi) is 3.95. The minimum Gasteiger partial charge on any atom is -0.462 e. The van der Waals surface area contributed by atoms with Crippen LogP contribution in [0, 0.1) is 0 Å². The molecule has 4 aromatic rings. The number of esters is 1. The number of hydrogen-bond acceptors (Lipinski definition) is 3. The van der Waals surface area contributed by atoms with Crippen LogP contribution in [0.2, 0.25) is 0 Å². The van der Waals surface area contributed by atoms with Crippen molar-refractivity contribution in [3.63, 3.8) is 0 Å². The van der Waals surface area contributed by atoms with Crippen LogP contribution in [0.4, 0.5) is 5.69 Å². The van der Waals surface area contributed by atoms with E-state index in [-0.39, 0.29) is 0 Å². The van der Waals surface area contributed by atoms with Crippen LogP contribution in [-0.4, -0.2) is 24.0 Å². The highest BCUT2D eigenvalue weighted by molar-refractivity contribution is 6.39. The van der Waals surface area contributed by atoms with Crippen molar-refractivity contribution in [1.29, 1.82) is 0 Å². The number of carbonyl (C=O) groups is 2. The molecule has 1 unspecified atom stereocenters. The molecule has 1 N–H and O–H groups in total. The van der Waals surface area contributed by atoms with Crippen LogP contribution >= 0.6 is 0 Å². The van der Waals surface area contributed by atoms with E-state index in [2.05, 4.69) is 11.1 Å². The predicted molar refractivity (Wildman–Crippen MR) is 112 cm³/mol. The van der Waals surface area contributed by atoms with E-state index in [4.69, 9.17) is 4.74 Å². The molecule has 0 spiro atoms. The van der Waals surface area contributed by atoms with Crippen LogP contribution in [-0.2, 0) is 14.3 Å². The molecule has 0 bridgehead atoms. The molecular weight excluding hydrogens is 364 g/mol. The van der Waals surface area contributed by atoms with Crippen LogP contribution in [0.5, 0.6) is 0 Å². The first-order valence-corrected chi connectivity index (χ1v) is 9.36. The lowest BCUT2D eigenvalue weighted by atomic mass is 9.84. The zero-order valence-electron chi connectivity index (χ0n) is 15.8. The molecule has 142 valence electrons. The SMILES string of the molecule is COC(=O)C(=O)N1c2ccccc2-c2ccccc2C1c1c[nH]c2ccccc12. The van der Waals surface area contributed by atoms with E-state index in [1.807, 2.05) is 72.9 Å². The van der Waals surface area contributed by atoms with Gasteiger partial charge >= 0.3 is 11.9 Å². The summed E-state index contributed by atoms with van der Waals surface area (Å²) < 4.78 is 4.78. The molecule has 1 aromatic heterocycles. The van der Waals surface area contributed by atoms with Gasteiger partial charge in [-0.05, 0) is 23.3 Å². The molecule has 3 aromatic carbocycles. The van der Waals surface area contributed by atoms with Crippen LogP contribution in [0.15, 0.2) is 79.0 Å². The van der Waals surface area contributed by atoms with Gasteiger partial charge in [-0.1, -0.05) is 60.7 Å². The van der Waals surface area contributed by atoms with Crippen molar-refractivity contribution in [2.75, 3.05) is 12.0 Å². The van der Waals surface area contributed by atoms with E-state index in [1.165, 1.54) is 7.11 Å². The lowest BCUT2D eigenvalue weighted by Crippen LogP contribution is -2.42. The highest BCUT2D eigenvalue weighted by atomic mass is 16.5. The lowest BCUT2D eigenvalue weighted by Gasteiger charge is -2.38. The average molecular weight is 382 g/mol. The van der Waals surface area contributed by atoms with Crippen LogP contribution in [0.25, 0.3) is 22.0 Å². The number of rotatable bonds is 1. The normalized spacial score (nSPS) is 14.9. The van der Waals surface area contributed by atoms with E-state index in [1.54, 1.807) is 4.90 Å². The Labute approximate surface area is 167 Å². The maximum atomic E-state index is 13.2. The van der Waals surface area contributed by atoms with Gasteiger partial charge < -0.3 is 9.72 Å². The van der Waals surface area contributed by atoms with Gasteiger partial charge in [0.2, 0.25) is 0 Å². The highest BCUT2D eigenvalue weighted by Crippen LogP contribution is 2.48. The topological polar surface area (TPSA) is 62.4 Å². The number of aromatic nitrogens is 1. The Morgan fingerprint density at radius 1 is 0.862 bits per heavy atom. The first-order chi connectivity index (χ1) is 14.2. The second-order valence-corrected chi connectivity index (χ2v) is 6.96. The fraction of sp³-hybridized carbons (Fsp3) is 0.0833. The number of H-pyrrole nitrogens is 1. The summed E-state index contributed by atoms with van der Waals surface area (Å²) in [6, 6.07) is 23.1. The van der Waals surface area contributed by atoms with Gasteiger partial charge in [0.1, 0.15) is 0 Å². The Morgan fingerprint density at radius 3 is 2.38 bits per heavy atom. The summed E-state index contributed by atoms with van der Waals surface area (Å²) in [5.41, 5.74) is 5.53. The van der Waals surface area contributed by atoms with E-state index < -0.39 is 17.9 Å². The number of para-hydroxylation sites is 2. The van der Waals surface area contributed by atoms with Gasteiger partial charge in [-0.2, -0.15) is 0 Å². The largest absolute Gasteiger partial charge is 0.462 e. The molecule has 5 rings (SSSR count). The fourth-order valence-electron chi connectivity index (χ4n) is 4.21. The van der Waals surface area contributed by atoms with Crippen molar-refractivity contribution in [2.45, 2.75) is 6.04 Å². The summed E-state index contributed by atoms with van der Waals surface area (Å²) in [5, 5.41) is 1.01. The van der Waals surface area contributed by atoms with Crippen molar-refractivity contribution in [3.8, 4) is 11.1 Å². The highest BCUT2D eigenvalue weighted by Gasteiger charge is 2.39. The number of aromatic amines is 1. The van der Waals surface area contributed by atoms with Gasteiger partial charge in [0.25, 0.3) is 0 Å². The summed E-state index contributed by atoms with van der Waals surface area (Å²) >= 11 is 0. The fourth-order valence-corrected chi connectivity index (χ4v) is 4.21. The smallest absolute Gasteiger partial charge is 0.397 e. The minimum atomic E-state index is -0.885. The van der Waals surface area contributed by atoms with Gasteiger partial charge in [0.15, 0.2) is 0 Å². The molecule has 1 aliphatic rings. The monoisotopic (exact) mass is 382 g/mol. The molecule has 2 heterocycles. The quantitative estimate of drug-likeness (QED) is 0.391. The van der Waals surface area contributed by atoms with Gasteiger partial charge in [0, 0.05) is 28.2 Å². The maximum absolute atomic E-state index is 13.2. The Bertz CT molecular complexity index is 1260. The number of carbonyl (C=O) groups excluding carboxylic acids is 2. The Hall–Kier alpha value is -3.86. The molecule has 1 aliphatic heterocycles. The molecule has 0 fully saturated rings. The zero-order chi connectivity index (χ0) is 20.0. The van der Waals surface area contributed by atoms with E-state index in [0.717, 1.165) is 33.2 Å². The summed E-state index contributed by atoms with van der Waals surface area (Å²) in [4.78, 5) is 30.3. The van der Waals surface area contributed by atoms with Crippen molar-refractivity contribution in [2.24, 2.45) is 0 Å². The van der Waals surface area contributed by atoms with Crippen LogP contribution < -0.4 is 4.90 Å². The summed E-state index contributed by atoms with van der Waals surface area (Å²) in [6.45, 7) is 0. The van der Waals surface area contributed by atoms with E-state index >= 15 is 0 Å². The summed E-state index contributed by atoms with van der Waals surface area (Å²) in [5.74, 6) is -1.58. The summed E-state index contributed by atoms with van der Waals surface area (Å²) in [7, 11) is 1.23. The molecular formula is C24H18N2O3. The second kappa shape index (κ2) is 6.63. The van der Waals surface area contributed by atoms with Gasteiger partial charge in [-0.3, -0.25) is 9.69 Å². The number of nitrogens with zero attached hydrogens (tertiary/aromatic N) is 1. The third kappa shape index (κ3) is 2.55. The lowest BCUT2D eigenvalue weighted by molar-refractivity contribution is -0.151. The van der Waals surface area contributed by atoms with Gasteiger partial charge in [0.05, 0.1) is 18.8 Å². The number of fused-ring (bicyclic) bond motifs is 4. The van der Waals surface area contributed by atoms with Gasteiger partial charge in [-0.15, -0.1) is 0 Å². The molecule has 1 atom stereocenters. The molecule has 0 radical (unpaired) electrons. The number of hydrogen-bond donors (Lipinski definition) is 1. The molecule has 0 saturated carbocycles. The van der Waals surface area contributed by atoms with Crippen LogP contribution in [0.3, 0.4) is 0 Å². The molecule has 29 heavy (non-hydrogen) atoms. The number of amides is 1. The molecule has 5 heteroatoms. The number of benzene rings is 3. The van der Waals surface area contributed by atoms with Crippen LogP contribution in [0.1, 0.15) is 17.2 Å². The number of anilines is 1. The Balaban J connectivity index is 1.83. The van der Waals surface area contributed by atoms with Crippen molar-refractivity contribution in [3.05, 3.63) is 90.1 Å².